The minimum absolute atomic E-state index is 0.0996. The first-order chi connectivity index (χ1) is 14.9. The van der Waals surface area contributed by atoms with Gasteiger partial charge in [-0.15, -0.1) is 0 Å². The van der Waals surface area contributed by atoms with E-state index in [9.17, 15) is 10.1 Å². The van der Waals surface area contributed by atoms with Gasteiger partial charge in [0.25, 0.3) is 5.91 Å². The summed E-state index contributed by atoms with van der Waals surface area (Å²) in [6.45, 7) is 0.229. The van der Waals surface area contributed by atoms with Crippen LogP contribution >= 0.6 is 50.7 Å². The molecule has 0 fully saturated rings. The van der Waals surface area contributed by atoms with Gasteiger partial charge in [-0.1, -0.05) is 68.9 Å². The Balaban J connectivity index is 1.84. The fraction of sp³-hybridized carbons (Fsp3) is 0.0435. The van der Waals surface area contributed by atoms with E-state index in [1.165, 1.54) is 6.08 Å². The van der Waals surface area contributed by atoms with Crippen LogP contribution in [0.5, 0.6) is 5.75 Å². The van der Waals surface area contributed by atoms with Gasteiger partial charge in [0.1, 0.15) is 24.0 Å². The number of carbonyl (C=O) groups excluding carboxylic acids is 1. The summed E-state index contributed by atoms with van der Waals surface area (Å²) in [7, 11) is 0. The van der Waals surface area contributed by atoms with E-state index in [2.05, 4.69) is 21.2 Å². The lowest BCUT2D eigenvalue weighted by atomic mass is 10.1. The number of rotatable bonds is 6. The third kappa shape index (κ3) is 6.25. The number of nitrogens with one attached hydrogen (secondary N) is 1. The van der Waals surface area contributed by atoms with Gasteiger partial charge in [-0.2, -0.15) is 5.26 Å². The number of amides is 1. The van der Waals surface area contributed by atoms with Crippen molar-refractivity contribution in [2.75, 3.05) is 5.32 Å². The van der Waals surface area contributed by atoms with Gasteiger partial charge in [-0.05, 0) is 54.1 Å². The summed E-state index contributed by atoms with van der Waals surface area (Å²) in [5.74, 6) is -0.0847. The third-order valence-electron chi connectivity index (χ3n) is 4.14. The summed E-state index contributed by atoms with van der Waals surface area (Å²) in [5, 5.41) is 13.4. The Morgan fingerprint density at radius 1 is 1.03 bits per heavy atom. The van der Waals surface area contributed by atoms with Crippen LogP contribution in [-0.2, 0) is 11.4 Å². The number of para-hydroxylation sites is 1. The molecular weight excluding hydrogens is 523 g/mol. The highest BCUT2D eigenvalue weighted by molar-refractivity contribution is 9.10. The smallest absolute Gasteiger partial charge is 0.266 e. The van der Waals surface area contributed by atoms with Crippen LogP contribution in [0.25, 0.3) is 6.08 Å². The maximum atomic E-state index is 12.6. The first-order valence-electron chi connectivity index (χ1n) is 8.91. The topological polar surface area (TPSA) is 62.1 Å². The largest absolute Gasteiger partial charge is 0.488 e. The predicted molar refractivity (Wildman–Crippen MR) is 129 cm³/mol. The molecule has 0 atom stereocenters. The molecule has 0 radical (unpaired) electrons. The molecule has 0 aliphatic rings. The van der Waals surface area contributed by atoms with Gasteiger partial charge < -0.3 is 10.1 Å². The van der Waals surface area contributed by atoms with Crippen LogP contribution in [0.4, 0.5) is 5.69 Å². The molecule has 3 aromatic carbocycles. The van der Waals surface area contributed by atoms with Crippen molar-refractivity contribution in [1.29, 1.82) is 5.26 Å². The van der Waals surface area contributed by atoms with Crippen LogP contribution in [0.3, 0.4) is 0 Å². The molecule has 0 aliphatic heterocycles. The molecule has 0 heterocycles. The van der Waals surface area contributed by atoms with Crippen molar-refractivity contribution in [3.8, 4) is 11.8 Å². The SMILES string of the molecule is N#C/C(=C\c1cc(Br)ccc1OCc1ccc(Cl)c(Cl)c1)C(=O)Nc1ccccc1Cl. The quantitative estimate of drug-likeness (QED) is 0.262. The highest BCUT2D eigenvalue weighted by Crippen LogP contribution is 2.28. The molecule has 0 spiro atoms. The van der Waals surface area contributed by atoms with Crippen molar-refractivity contribution in [2.45, 2.75) is 6.61 Å². The minimum Gasteiger partial charge on any atom is -0.488 e. The molecular formula is C23H14BrCl3N2O2. The third-order valence-corrected chi connectivity index (χ3v) is 5.70. The summed E-state index contributed by atoms with van der Waals surface area (Å²) >= 11 is 21.5. The average molecular weight is 537 g/mol. The maximum absolute atomic E-state index is 12.6. The highest BCUT2D eigenvalue weighted by atomic mass is 79.9. The van der Waals surface area contributed by atoms with Crippen molar-refractivity contribution < 1.29 is 9.53 Å². The van der Waals surface area contributed by atoms with Gasteiger partial charge in [0.05, 0.1) is 20.8 Å². The van der Waals surface area contributed by atoms with Gasteiger partial charge in [0.15, 0.2) is 0 Å². The highest BCUT2D eigenvalue weighted by Gasteiger charge is 2.13. The van der Waals surface area contributed by atoms with Gasteiger partial charge in [-0.25, -0.2) is 0 Å². The van der Waals surface area contributed by atoms with Crippen LogP contribution in [0, 0.1) is 11.3 Å². The molecule has 1 amide bonds. The Bertz CT molecular complexity index is 1210. The maximum Gasteiger partial charge on any atom is 0.266 e. The van der Waals surface area contributed by atoms with Crippen molar-refractivity contribution in [3.05, 3.63) is 96.9 Å². The van der Waals surface area contributed by atoms with E-state index in [-0.39, 0.29) is 12.2 Å². The first-order valence-corrected chi connectivity index (χ1v) is 10.8. The zero-order valence-corrected chi connectivity index (χ0v) is 19.7. The van der Waals surface area contributed by atoms with Crippen LogP contribution in [0.15, 0.2) is 70.7 Å². The average Bonchev–Trinajstić information content (AvgIpc) is 2.75. The van der Waals surface area contributed by atoms with E-state index < -0.39 is 5.91 Å². The number of benzene rings is 3. The molecule has 0 saturated carbocycles. The van der Waals surface area contributed by atoms with E-state index in [0.717, 1.165) is 10.0 Å². The van der Waals surface area contributed by atoms with Crippen LogP contribution in [0.1, 0.15) is 11.1 Å². The van der Waals surface area contributed by atoms with Gasteiger partial charge in [0.2, 0.25) is 0 Å². The summed E-state index contributed by atoms with van der Waals surface area (Å²) < 4.78 is 6.67. The van der Waals surface area contributed by atoms with E-state index in [1.807, 2.05) is 6.07 Å². The van der Waals surface area contributed by atoms with Gasteiger partial charge in [-0.3, -0.25) is 4.79 Å². The second kappa shape index (κ2) is 10.7. The number of halogens is 4. The molecule has 0 bridgehead atoms. The molecule has 4 nitrogen and oxygen atoms in total. The van der Waals surface area contributed by atoms with Crippen LogP contribution in [0.2, 0.25) is 15.1 Å². The van der Waals surface area contributed by atoms with Crippen LogP contribution in [-0.4, -0.2) is 5.91 Å². The minimum atomic E-state index is -0.578. The molecule has 31 heavy (non-hydrogen) atoms. The Labute approximate surface area is 203 Å². The number of hydrogen-bond donors (Lipinski definition) is 1. The Morgan fingerprint density at radius 3 is 2.52 bits per heavy atom. The van der Waals surface area contributed by atoms with Crippen molar-refractivity contribution in [2.24, 2.45) is 0 Å². The predicted octanol–water partition coefficient (Wildman–Crippen LogP) is 7.53. The number of nitrogens with zero attached hydrogens (tertiary/aromatic N) is 1. The lowest BCUT2D eigenvalue weighted by Gasteiger charge is -2.11. The summed E-state index contributed by atoms with van der Waals surface area (Å²) in [5.41, 5.74) is 1.70. The molecule has 3 rings (SSSR count). The zero-order valence-electron chi connectivity index (χ0n) is 15.8. The van der Waals surface area contributed by atoms with Crippen molar-refractivity contribution in [3.63, 3.8) is 0 Å². The molecule has 8 heteroatoms. The molecule has 0 saturated heterocycles. The van der Waals surface area contributed by atoms with E-state index >= 15 is 0 Å². The molecule has 0 aliphatic carbocycles. The molecule has 3 aromatic rings. The lowest BCUT2D eigenvalue weighted by Crippen LogP contribution is -2.13. The van der Waals surface area contributed by atoms with Crippen molar-refractivity contribution in [1.82, 2.24) is 0 Å². The fourth-order valence-corrected chi connectivity index (χ4v) is 3.49. The van der Waals surface area contributed by atoms with Gasteiger partial charge >= 0.3 is 0 Å². The molecule has 0 unspecified atom stereocenters. The molecule has 156 valence electrons. The van der Waals surface area contributed by atoms with E-state index in [0.29, 0.717) is 32.1 Å². The first kappa shape index (κ1) is 23.2. The van der Waals surface area contributed by atoms with Gasteiger partial charge in [0, 0.05) is 10.0 Å². The number of anilines is 1. The molecule has 1 N–H and O–H groups in total. The Kier molecular flexibility index (Phi) is 8.00. The number of hydrogen-bond acceptors (Lipinski definition) is 3. The second-order valence-corrected chi connectivity index (χ2v) is 8.46. The van der Waals surface area contributed by atoms with E-state index in [4.69, 9.17) is 39.5 Å². The number of ether oxygens (including phenoxy) is 1. The normalized spacial score (nSPS) is 11.0. The summed E-state index contributed by atoms with van der Waals surface area (Å²) in [4.78, 5) is 12.6. The fourth-order valence-electron chi connectivity index (χ4n) is 2.61. The van der Waals surface area contributed by atoms with Crippen molar-refractivity contribution >= 4 is 68.4 Å². The van der Waals surface area contributed by atoms with Crippen LogP contribution < -0.4 is 10.1 Å². The Hall–Kier alpha value is -2.49. The second-order valence-electron chi connectivity index (χ2n) is 6.32. The monoisotopic (exact) mass is 534 g/mol. The molecule has 0 aromatic heterocycles. The summed E-state index contributed by atoms with van der Waals surface area (Å²) in [6.07, 6.45) is 1.46. The zero-order chi connectivity index (χ0) is 22.4. The lowest BCUT2D eigenvalue weighted by molar-refractivity contribution is -0.112. The summed E-state index contributed by atoms with van der Waals surface area (Å²) in [6, 6.07) is 19.2. The number of nitriles is 1. The number of carbonyl (C=O) groups is 1. The standard InChI is InChI=1S/C23H14BrCl3N2O2/c24-17-6-8-22(31-13-14-5-7-18(25)20(27)9-14)15(11-17)10-16(12-28)23(30)29-21-4-2-1-3-19(21)26/h1-11H,13H2,(H,29,30)/b16-10+. The van der Waals surface area contributed by atoms with E-state index in [1.54, 1.807) is 60.7 Å². The Morgan fingerprint density at radius 2 is 1.81 bits per heavy atom.